The highest BCUT2D eigenvalue weighted by Crippen LogP contribution is 2.11. The maximum Gasteiger partial charge on any atom is 0.0564 e. The van der Waals surface area contributed by atoms with Crippen molar-refractivity contribution in [1.82, 2.24) is 4.90 Å². The van der Waals surface area contributed by atoms with Gasteiger partial charge in [0.2, 0.25) is 0 Å². The molecule has 1 aliphatic rings. The van der Waals surface area contributed by atoms with Crippen molar-refractivity contribution in [3.63, 3.8) is 0 Å². The zero-order valence-corrected chi connectivity index (χ0v) is 8.99. The minimum atomic E-state index is -0.0550. The summed E-state index contributed by atoms with van der Waals surface area (Å²) in [5, 5.41) is 17.9. The summed E-state index contributed by atoms with van der Waals surface area (Å²) in [5.74, 6) is 0. The Balaban J connectivity index is 1.91. The Morgan fingerprint density at radius 2 is 1.64 bits per heavy atom. The predicted molar refractivity (Wildman–Crippen MR) is 57.2 cm³/mol. The molecule has 1 fully saturated rings. The van der Waals surface area contributed by atoms with Gasteiger partial charge >= 0.3 is 0 Å². The summed E-state index contributed by atoms with van der Waals surface area (Å²) in [7, 11) is 0. The van der Waals surface area contributed by atoms with Crippen LogP contribution >= 0.6 is 0 Å². The van der Waals surface area contributed by atoms with Crippen molar-refractivity contribution < 1.29 is 10.2 Å². The lowest BCUT2D eigenvalue weighted by molar-refractivity contribution is 0.0817. The molecule has 1 heterocycles. The van der Waals surface area contributed by atoms with Crippen LogP contribution in [0.4, 0.5) is 0 Å². The maximum atomic E-state index is 9.31. The van der Waals surface area contributed by atoms with E-state index in [0.29, 0.717) is 6.61 Å². The van der Waals surface area contributed by atoms with Gasteiger partial charge < -0.3 is 15.1 Å². The van der Waals surface area contributed by atoms with Crippen LogP contribution in [0.1, 0.15) is 38.5 Å². The highest BCUT2D eigenvalue weighted by Gasteiger charge is 2.15. The molecule has 0 spiro atoms. The second-order valence-corrected chi connectivity index (χ2v) is 4.21. The van der Waals surface area contributed by atoms with E-state index < -0.39 is 0 Å². The fourth-order valence-electron chi connectivity index (χ4n) is 1.94. The molecule has 84 valence electrons. The van der Waals surface area contributed by atoms with Crippen molar-refractivity contribution in [3.05, 3.63) is 0 Å². The fourth-order valence-corrected chi connectivity index (χ4v) is 1.94. The van der Waals surface area contributed by atoms with Gasteiger partial charge in [-0.1, -0.05) is 12.8 Å². The summed E-state index contributed by atoms with van der Waals surface area (Å²) < 4.78 is 0. The van der Waals surface area contributed by atoms with Gasteiger partial charge in [-0.3, -0.25) is 0 Å². The number of rotatable bonds is 6. The van der Waals surface area contributed by atoms with Crippen LogP contribution in [-0.2, 0) is 0 Å². The Morgan fingerprint density at radius 3 is 2.29 bits per heavy atom. The summed E-state index contributed by atoms with van der Waals surface area (Å²) in [5.41, 5.74) is 0. The van der Waals surface area contributed by atoms with Crippen LogP contribution < -0.4 is 0 Å². The van der Waals surface area contributed by atoms with Gasteiger partial charge in [0.1, 0.15) is 0 Å². The van der Waals surface area contributed by atoms with Crippen LogP contribution in [0.3, 0.4) is 0 Å². The molecule has 0 unspecified atom stereocenters. The van der Waals surface area contributed by atoms with Crippen molar-refractivity contribution in [1.29, 1.82) is 0 Å². The first-order chi connectivity index (χ1) is 6.83. The van der Waals surface area contributed by atoms with Gasteiger partial charge in [0.15, 0.2) is 0 Å². The molecule has 0 saturated carbocycles. The molecule has 0 aromatic rings. The van der Waals surface area contributed by atoms with Gasteiger partial charge in [-0.25, -0.2) is 0 Å². The van der Waals surface area contributed by atoms with Crippen LogP contribution in [0, 0.1) is 0 Å². The lowest BCUT2D eigenvalue weighted by Gasteiger charge is -2.29. The van der Waals surface area contributed by atoms with E-state index in [9.17, 15) is 5.11 Å². The third-order valence-corrected chi connectivity index (χ3v) is 2.94. The molecule has 0 radical (unpaired) electrons. The minimum Gasteiger partial charge on any atom is -0.396 e. The van der Waals surface area contributed by atoms with E-state index in [0.717, 1.165) is 45.3 Å². The molecule has 0 bridgehead atoms. The number of aliphatic hydroxyl groups excluding tert-OH is 2. The second kappa shape index (κ2) is 7.21. The van der Waals surface area contributed by atoms with Gasteiger partial charge in [0.25, 0.3) is 0 Å². The van der Waals surface area contributed by atoms with Gasteiger partial charge in [0, 0.05) is 19.7 Å². The summed E-state index contributed by atoms with van der Waals surface area (Å²) in [4.78, 5) is 2.44. The van der Waals surface area contributed by atoms with E-state index >= 15 is 0 Å². The quantitative estimate of drug-likeness (QED) is 0.630. The monoisotopic (exact) mass is 201 g/mol. The maximum absolute atomic E-state index is 9.31. The molecule has 3 nitrogen and oxygen atoms in total. The minimum absolute atomic E-state index is 0.0550. The average molecular weight is 201 g/mol. The normalized spacial score (nSPS) is 20.1. The van der Waals surface area contributed by atoms with Gasteiger partial charge in [0.05, 0.1) is 6.10 Å². The molecule has 0 atom stereocenters. The first kappa shape index (κ1) is 12.0. The van der Waals surface area contributed by atoms with Crippen molar-refractivity contribution in [2.24, 2.45) is 0 Å². The van der Waals surface area contributed by atoms with E-state index in [1.54, 1.807) is 0 Å². The highest BCUT2D eigenvalue weighted by atomic mass is 16.3. The number of likely N-dealkylation sites (tertiary alicyclic amines) is 1. The highest BCUT2D eigenvalue weighted by molar-refractivity contribution is 4.70. The van der Waals surface area contributed by atoms with Gasteiger partial charge in [-0.15, -0.1) is 0 Å². The molecular formula is C11H23NO2. The van der Waals surface area contributed by atoms with E-state index in [1.165, 1.54) is 12.8 Å². The molecule has 14 heavy (non-hydrogen) atoms. The first-order valence-electron chi connectivity index (χ1n) is 5.84. The molecule has 0 aliphatic carbocycles. The number of unbranched alkanes of at least 4 members (excludes halogenated alkanes) is 3. The van der Waals surface area contributed by atoms with Crippen LogP contribution in [0.25, 0.3) is 0 Å². The van der Waals surface area contributed by atoms with Crippen molar-refractivity contribution in [2.75, 3.05) is 26.2 Å². The van der Waals surface area contributed by atoms with E-state index in [-0.39, 0.29) is 6.10 Å². The average Bonchev–Trinajstić information content (AvgIpc) is 2.21. The second-order valence-electron chi connectivity index (χ2n) is 4.21. The third-order valence-electron chi connectivity index (χ3n) is 2.94. The third kappa shape index (κ3) is 4.94. The number of nitrogens with zero attached hydrogens (tertiary/aromatic N) is 1. The Bertz CT molecular complexity index is 133. The zero-order valence-electron chi connectivity index (χ0n) is 8.99. The molecule has 1 rings (SSSR count). The Labute approximate surface area is 86.7 Å². The van der Waals surface area contributed by atoms with Gasteiger partial charge in [-0.2, -0.15) is 0 Å². The lowest BCUT2D eigenvalue weighted by atomic mass is 10.1. The van der Waals surface area contributed by atoms with E-state index in [4.69, 9.17) is 5.11 Å². The van der Waals surface area contributed by atoms with Crippen molar-refractivity contribution in [3.8, 4) is 0 Å². The molecule has 0 aromatic heterocycles. The van der Waals surface area contributed by atoms with E-state index in [1.807, 2.05) is 0 Å². The smallest absolute Gasteiger partial charge is 0.0564 e. The standard InChI is InChI=1S/C11H23NO2/c13-10-4-2-1-3-7-12-8-5-11(14)6-9-12/h11,13-14H,1-10H2. The molecule has 2 N–H and O–H groups in total. The molecule has 3 heteroatoms. The van der Waals surface area contributed by atoms with Gasteiger partial charge in [-0.05, 0) is 32.2 Å². The topological polar surface area (TPSA) is 43.7 Å². The number of hydrogen-bond donors (Lipinski definition) is 2. The molecule has 0 amide bonds. The fraction of sp³-hybridized carbons (Fsp3) is 1.00. The first-order valence-corrected chi connectivity index (χ1v) is 5.84. The van der Waals surface area contributed by atoms with Crippen LogP contribution in [0.2, 0.25) is 0 Å². The molecular weight excluding hydrogens is 178 g/mol. The number of hydrogen-bond acceptors (Lipinski definition) is 3. The Morgan fingerprint density at radius 1 is 1.00 bits per heavy atom. The van der Waals surface area contributed by atoms with E-state index in [2.05, 4.69) is 4.90 Å². The Kier molecular flexibility index (Phi) is 6.15. The van der Waals surface area contributed by atoms with Crippen LogP contribution in [0.15, 0.2) is 0 Å². The number of piperidine rings is 1. The predicted octanol–water partition coefficient (Wildman–Crippen LogP) is 0.996. The zero-order chi connectivity index (χ0) is 10.2. The summed E-state index contributed by atoms with van der Waals surface area (Å²) in [6.07, 6.45) is 6.37. The number of aliphatic hydroxyl groups is 2. The Hall–Kier alpha value is -0.120. The summed E-state index contributed by atoms with van der Waals surface area (Å²) in [6, 6.07) is 0. The van der Waals surface area contributed by atoms with Crippen molar-refractivity contribution >= 4 is 0 Å². The van der Waals surface area contributed by atoms with Crippen LogP contribution in [-0.4, -0.2) is 47.5 Å². The van der Waals surface area contributed by atoms with Crippen molar-refractivity contribution in [2.45, 2.75) is 44.6 Å². The molecule has 1 saturated heterocycles. The SMILES string of the molecule is OCCCCCCN1CCC(O)CC1. The summed E-state index contributed by atoms with van der Waals surface area (Å²) in [6.45, 7) is 3.61. The summed E-state index contributed by atoms with van der Waals surface area (Å²) >= 11 is 0. The lowest BCUT2D eigenvalue weighted by Crippen LogP contribution is -2.36. The van der Waals surface area contributed by atoms with Crippen LogP contribution in [0.5, 0.6) is 0 Å². The largest absolute Gasteiger partial charge is 0.396 e. The molecule has 0 aromatic carbocycles. The molecule has 1 aliphatic heterocycles.